The first-order valence-electron chi connectivity index (χ1n) is 6.63. The largest absolute Gasteiger partial charge is 0.454 e. The molecule has 22 heavy (non-hydrogen) atoms. The van der Waals surface area contributed by atoms with Gasteiger partial charge >= 0.3 is 5.69 Å². The van der Waals surface area contributed by atoms with Gasteiger partial charge in [-0.1, -0.05) is 6.58 Å². The van der Waals surface area contributed by atoms with Crippen LogP contribution in [0.5, 0.6) is 11.5 Å². The maximum Gasteiger partial charge on any atom is 0.339 e. The van der Waals surface area contributed by atoms with Gasteiger partial charge in [0, 0.05) is 12.3 Å². The Hall–Kier alpha value is -3.24. The number of imidazole rings is 1. The summed E-state index contributed by atoms with van der Waals surface area (Å²) in [5.74, 6) is 1.28. The van der Waals surface area contributed by atoms with Crippen LogP contribution in [0.15, 0.2) is 53.6 Å². The number of nitrogens with zero attached hydrogens (tertiary/aromatic N) is 3. The number of hydrogen-bond acceptors (Lipinski definition) is 4. The number of hydrogen-bond donors (Lipinski definition) is 0. The van der Waals surface area contributed by atoms with Crippen LogP contribution in [0.25, 0.3) is 23.1 Å². The quantitative estimate of drug-likeness (QED) is 0.679. The summed E-state index contributed by atoms with van der Waals surface area (Å²) >= 11 is 0. The van der Waals surface area contributed by atoms with E-state index in [-0.39, 0.29) is 12.5 Å². The van der Waals surface area contributed by atoms with Gasteiger partial charge in [-0.15, -0.1) is 5.73 Å². The molecule has 0 bridgehead atoms. The topological polar surface area (TPSA) is 58.3 Å². The van der Waals surface area contributed by atoms with Crippen molar-refractivity contribution in [2.24, 2.45) is 0 Å². The van der Waals surface area contributed by atoms with Crippen LogP contribution >= 0.6 is 0 Å². The molecule has 108 valence electrons. The summed E-state index contributed by atoms with van der Waals surface area (Å²) in [6.07, 6.45) is 3.14. The van der Waals surface area contributed by atoms with E-state index in [2.05, 4.69) is 17.3 Å². The first-order valence-corrected chi connectivity index (χ1v) is 6.63. The smallest absolute Gasteiger partial charge is 0.339 e. The molecule has 1 aliphatic heterocycles. The lowest BCUT2D eigenvalue weighted by Gasteiger charge is -2.03. The van der Waals surface area contributed by atoms with Gasteiger partial charge in [0.05, 0.1) is 17.4 Å². The minimum absolute atomic E-state index is 0.187. The Morgan fingerprint density at radius 3 is 3.00 bits per heavy atom. The van der Waals surface area contributed by atoms with Gasteiger partial charge in [-0.2, -0.15) is 0 Å². The fraction of sp³-hybridized carbons (Fsp3) is 0.0625. The molecule has 0 aliphatic carbocycles. The lowest BCUT2D eigenvalue weighted by molar-refractivity contribution is 0.174. The molecule has 0 spiro atoms. The normalized spacial score (nSPS) is 12.4. The Morgan fingerprint density at radius 1 is 1.27 bits per heavy atom. The molecular formula is C16H11N3O3. The van der Waals surface area contributed by atoms with E-state index in [1.165, 1.54) is 15.3 Å². The summed E-state index contributed by atoms with van der Waals surface area (Å²) < 4.78 is 13.6. The Kier molecular flexibility index (Phi) is 2.64. The molecular weight excluding hydrogens is 282 g/mol. The van der Waals surface area contributed by atoms with Gasteiger partial charge in [0.1, 0.15) is 0 Å². The highest BCUT2D eigenvalue weighted by Crippen LogP contribution is 2.33. The number of aromatic nitrogens is 3. The summed E-state index contributed by atoms with van der Waals surface area (Å²) in [5.41, 5.74) is 4.28. The lowest BCUT2D eigenvalue weighted by atomic mass is 10.2. The van der Waals surface area contributed by atoms with Gasteiger partial charge in [0.2, 0.25) is 6.79 Å². The summed E-state index contributed by atoms with van der Waals surface area (Å²) in [6, 6.07) is 8.94. The summed E-state index contributed by atoms with van der Waals surface area (Å²) in [7, 11) is 0. The average molecular weight is 293 g/mol. The molecule has 6 nitrogen and oxygen atoms in total. The van der Waals surface area contributed by atoms with Gasteiger partial charge in [0.15, 0.2) is 17.1 Å². The van der Waals surface area contributed by atoms with Gasteiger partial charge in [-0.3, -0.25) is 4.57 Å². The monoisotopic (exact) mass is 293 g/mol. The minimum atomic E-state index is -0.247. The third-order valence-corrected chi connectivity index (χ3v) is 3.47. The molecule has 0 fully saturated rings. The third-order valence-electron chi connectivity index (χ3n) is 3.47. The highest BCUT2D eigenvalue weighted by Gasteiger charge is 2.18. The summed E-state index contributed by atoms with van der Waals surface area (Å²) in [5, 5.41) is 0. The summed E-state index contributed by atoms with van der Waals surface area (Å²) in [4.78, 5) is 17.0. The van der Waals surface area contributed by atoms with Gasteiger partial charge in [-0.05, 0) is 24.3 Å². The maximum absolute atomic E-state index is 12.7. The molecule has 0 N–H and O–H groups in total. The summed E-state index contributed by atoms with van der Waals surface area (Å²) in [6.45, 7) is 3.71. The molecule has 0 unspecified atom stereocenters. The van der Waals surface area contributed by atoms with Crippen molar-refractivity contribution < 1.29 is 9.47 Å². The fourth-order valence-corrected chi connectivity index (χ4v) is 2.52. The number of ether oxygens (including phenoxy) is 2. The molecule has 0 saturated carbocycles. The van der Waals surface area contributed by atoms with Crippen LogP contribution in [0.3, 0.4) is 0 Å². The van der Waals surface area contributed by atoms with Gasteiger partial charge in [-0.25, -0.2) is 14.3 Å². The van der Waals surface area contributed by atoms with E-state index in [1.807, 2.05) is 6.07 Å². The maximum atomic E-state index is 12.7. The molecule has 0 atom stereocenters. The molecule has 2 aromatic heterocycles. The zero-order chi connectivity index (χ0) is 15.1. The van der Waals surface area contributed by atoms with Crippen molar-refractivity contribution in [2.75, 3.05) is 6.79 Å². The van der Waals surface area contributed by atoms with E-state index in [0.717, 1.165) is 0 Å². The molecule has 0 radical (unpaired) electrons. The molecule has 3 heterocycles. The van der Waals surface area contributed by atoms with E-state index >= 15 is 0 Å². The second-order valence-corrected chi connectivity index (χ2v) is 4.70. The zero-order valence-electron chi connectivity index (χ0n) is 11.5. The number of fused-ring (bicyclic) bond motifs is 2. The second-order valence-electron chi connectivity index (χ2n) is 4.70. The SMILES string of the molecule is C=C=Cn1c(=O)n(-c2ccc3c(c2)OCO3)c2ncccc21. The van der Waals surface area contributed by atoms with Gasteiger partial charge < -0.3 is 9.47 Å². The van der Waals surface area contributed by atoms with Crippen LogP contribution in [0.1, 0.15) is 0 Å². The van der Waals surface area contributed by atoms with Crippen LogP contribution < -0.4 is 15.2 Å². The fourth-order valence-electron chi connectivity index (χ4n) is 2.52. The van der Waals surface area contributed by atoms with Crippen LogP contribution in [0, 0.1) is 0 Å². The predicted octanol–water partition coefficient (Wildman–Crippen LogP) is 2.17. The van der Waals surface area contributed by atoms with E-state index in [9.17, 15) is 4.79 Å². The molecule has 6 heteroatoms. The average Bonchev–Trinajstić information content (AvgIpc) is 3.10. The van der Waals surface area contributed by atoms with E-state index < -0.39 is 0 Å². The molecule has 1 aromatic carbocycles. The highest BCUT2D eigenvalue weighted by molar-refractivity contribution is 5.76. The number of pyridine rings is 1. The van der Waals surface area contributed by atoms with Crippen molar-refractivity contribution in [3.8, 4) is 17.2 Å². The Labute approximate surface area is 125 Å². The lowest BCUT2D eigenvalue weighted by Crippen LogP contribution is -2.20. The standard InChI is InChI=1S/C16H11N3O3/c1-2-8-18-12-4-3-7-17-15(12)19(16(18)20)11-5-6-13-14(9-11)22-10-21-13/h3-9H,1,10H2. The molecule has 0 amide bonds. The van der Waals surface area contributed by atoms with Crippen LogP contribution in [-0.4, -0.2) is 20.9 Å². The van der Waals surface area contributed by atoms with Crippen LogP contribution in [-0.2, 0) is 0 Å². The molecule has 3 aromatic rings. The first-order chi connectivity index (χ1) is 10.8. The van der Waals surface area contributed by atoms with Crippen molar-refractivity contribution in [1.82, 2.24) is 14.1 Å². The minimum Gasteiger partial charge on any atom is -0.454 e. The van der Waals surface area contributed by atoms with Crippen molar-refractivity contribution >= 4 is 17.4 Å². The van der Waals surface area contributed by atoms with Gasteiger partial charge in [0.25, 0.3) is 0 Å². The van der Waals surface area contributed by atoms with E-state index in [4.69, 9.17) is 9.47 Å². The van der Waals surface area contributed by atoms with Crippen LogP contribution in [0.2, 0.25) is 0 Å². The van der Waals surface area contributed by atoms with E-state index in [0.29, 0.717) is 28.4 Å². The van der Waals surface area contributed by atoms with Crippen molar-refractivity contribution in [3.63, 3.8) is 0 Å². The van der Waals surface area contributed by atoms with Crippen molar-refractivity contribution in [1.29, 1.82) is 0 Å². The van der Waals surface area contributed by atoms with Crippen LogP contribution in [0.4, 0.5) is 0 Å². The Balaban J connectivity index is 2.05. The number of benzene rings is 1. The Morgan fingerprint density at radius 2 is 2.14 bits per heavy atom. The third kappa shape index (κ3) is 1.68. The van der Waals surface area contributed by atoms with Crippen molar-refractivity contribution in [3.05, 3.63) is 59.3 Å². The zero-order valence-corrected chi connectivity index (χ0v) is 11.5. The molecule has 0 saturated heterocycles. The van der Waals surface area contributed by atoms with Crippen molar-refractivity contribution in [2.45, 2.75) is 0 Å². The highest BCUT2D eigenvalue weighted by atomic mass is 16.7. The molecule has 4 rings (SSSR count). The molecule has 1 aliphatic rings. The first kappa shape index (κ1) is 12.5. The van der Waals surface area contributed by atoms with E-state index in [1.54, 1.807) is 30.5 Å². The second kappa shape index (κ2) is 4.65. The predicted molar refractivity (Wildman–Crippen MR) is 81.4 cm³/mol. The Bertz CT molecular complexity index is 994. The number of rotatable bonds is 2.